The van der Waals surface area contributed by atoms with Crippen LogP contribution in [0.4, 0.5) is 0 Å². The van der Waals surface area contributed by atoms with Crippen LogP contribution >= 0.6 is 0 Å². The molecule has 0 spiro atoms. The number of hydrogen-bond acceptors (Lipinski definition) is 3. The number of nitrogens with zero attached hydrogens (tertiary/aromatic N) is 1. The molecule has 0 saturated carbocycles. The Balaban J connectivity index is 2.72. The molecule has 0 aromatic heterocycles. The minimum atomic E-state index is -1.05. The number of likely N-dealkylation sites (N-methyl/N-ethyl adjacent to an activating group) is 1. The smallest absolute Gasteiger partial charge is 0.323 e. The normalized spacial score (nSPS) is 11.9. The molecule has 0 radical (unpaired) electrons. The molecule has 0 aliphatic carbocycles. The molecular weight excluding hydrogens is 246 g/mol. The minimum absolute atomic E-state index is 0.288. The number of carboxylic acids is 1. The van der Waals surface area contributed by atoms with Crippen molar-refractivity contribution in [3.05, 3.63) is 35.9 Å². The van der Waals surface area contributed by atoms with Gasteiger partial charge < -0.3 is 15.1 Å². The highest BCUT2D eigenvalue weighted by Gasteiger charge is 2.24. The number of carbonyl (C=O) groups excluding carboxylic acids is 1. The molecule has 0 bridgehead atoms. The van der Waals surface area contributed by atoms with Crippen molar-refractivity contribution in [2.75, 3.05) is 19.7 Å². The minimum Gasteiger partial charge on any atom is -0.480 e. The Kier molecular flexibility index (Phi) is 6.02. The van der Waals surface area contributed by atoms with Crippen molar-refractivity contribution in [1.82, 2.24) is 4.90 Å². The molecule has 19 heavy (non-hydrogen) atoms. The monoisotopic (exact) mass is 265 g/mol. The van der Waals surface area contributed by atoms with Crippen molar-refractivity contribution in [3.63, 3.8) is 0 Å². The van der Waals surface area contributed by atoms with Gasteiger partial charge in [-0.25, -0.2) is 0 Å². The van der Waals surface area contributed by atoms with E-state index < -0.39 is 11.9 Å². The SMILES string of the molecule is CCN(CC(=O)O)C(=O)[C@H](CO)Cc1ccccc1. The van der Waals surface area contributed by atoms with Crippen LogP contribution in [0.2, 0.25) is 0 Å². The standard InChI is InChI=1S/C14H19NO4/c1-2-15(9-13(17)18)14(19)12(10-16)8-11-6-4-3-5-7-11/h3-7,12,16H,2,8-10H2,1H3,(H,17,18)/t12-/m0/s1. The number of aliphatic carboxylic acids is 1. The van der Waals surface area contributed by atoms with Crippen LogP contribution in [0.1, 0.15) is 12.5 Å². The summed E-state index contributed by atoms with van der Waals surface area (Å²) < 4.78 is 0. The summed E-state index contributed by atoms with van der Waals surface area (Å²) in [5.74, 6) is -1.97. The molecule has 1 aromatic carbocycles. The Morgan fingerprint density at radius 2 is 1.89 bits per heavy atom. The Morgan fingerprint density at radius 1 is 1.26 bits per heavy atom. The van der Waals surface area contributed by atoms with Crippen molar-refractivity contribution in [2.24, 2.45) is 5.92 Å². The zero-order valence-corrected chi connectivity index (χ0v) is 11.0. The molecule has 1 atom stereocenters. The van der Waals surface area contributed by atoms with Gasteiger partial charge in [-0.3, -0.25) is 9.59 Å². The molecule has 0 aliphatic rings. The van der Waals surface area contributed by atoms with E-state index in [2.05, 4.69) is 0 Å². The van der Waals surface area contributed by atoms with Gasteiger partial charge in [0.2, 0.25) is 5.91 Å². The van der Waals surface area contributed by atoms with Gasteiger partial charge in [-0.2, -0.15) is 0 Å². The topological polar surface area (TPSA) is 77.8 Å². The highest BCUT2D eigenvalue weighted by Crippen LogP contribution is 2.11. The van der Waals surface area contributed by atoms with Crippen LogP contribution in [0.25, 0.3) is 0 Å². The number of carbonyl (C=O) groups is 2. The fourth-order valence-electron chi connectivity index (χ4n) is 1.90. The third kappa shape index (κ3) is 4.71. The highest BCUT2D eigenvalue weighted by molar-refractivity contribution is 5.83. The van der Waals surface area contributed by atoms with Gasteiger partial charge in [0, 0.05) is 6.54 Å². The quantitative estimate of drug-likeness (QED) is 0.763. The van der Waals surface area contributed by atoms with Gasteiger partial charge in [0.1, 0.15) is 6.54 Å². The average molecular weight is 265 g/mol. The summed E-state index contributed by atoms with van der Waals surface area (Å²) in [6, 6.07) is 9.36. The zero-order chi connectivity index (χ0) is 14.3. The molecule has 1 amide bonds. The van der Waals surface area contributed by atoms with Gasteiger partial charge in [0.25, 0.3) is 0 Å². The van der Waals surface area contributed by atoms with E-state index in [4.69, 9.17) is 5.11 Å². The van der Waals surface area contributed by atoms with Crippen LogP contribution in [-0.4, -0.2) is 46.7 Å². The Labute approximate surface area is 112 Å². The lowest BCUT2D eigenvalue weighted by atomic mass is 9.98. The summed E-state index contributed by atoms with van der Waals surface area (Å²) in [4.78, 5) is 24.1. The highest BCUT2D eigenvalue weighted by atomic mass is 16.4. The Bertz CT molecular complexity index is 419. The van der Waals surface area contributed by atoms with Crippen molar-refractivity contribution < 1.29 is 19.8 Å². The molecule has 0 aliphatic heterocycles. The van der Waals surface area contributed by atoms with E-state index in [0.29, 0.717) is 13.0 Å². The molecule has 1 rings (SSSR count). The number of aliphatic hydroxyl groups is 1. The largest absolute Gasteiger partial charge is 0.480 e. The molecule has 0 unspecified atom stereocenters. The van der Waals surface area contributed by atoms with Crippen molar-refractivity contribution >= 4 is 11.9 Å². The summed E-state index contributed by atoms with van der Waals surface area (Å²) in [5, 5.41) is 18.1. The summed E-state index contributed by atoms with van der Waals surface area (Å²) in [6.07, 6.45) is 0.409. The van der Waals surface area contributed by atoms with E-state index in [1.165, 1.54) is 4.90 Å². The van der Waals surface area contributed by atoms with E-state index in [0.717, 1.165) is 5.56 Å². The van der Waals surface area contributed by atoms with Gasteiger partial charge in [0.05, 0.1) is 12.5 Å². The second-order valence-electron chi connectivity index (χ2n) is 4.32. The first kappa shape index (κ1) is 15.2. The Hall–Kier alpha value is -1.88. The maximum absolute atomic E-state index is 12.1. The molecule has 5 nitrogen and oxygen atoms in total. The summed E-state index contributed by atoms with van der Waals surface area (Å²) in [6.45, 7) is 1.42. The van der Waals surface area contributed by atoms with Crippen LogP contribution < -0.4 is 0 Å². The Morgan fingerprint density at radius 3 is 2.37 bits per heavy atom. The summed E-state index contributed by atoms with van der Waals surface area (Å²) >= 11 is 0. The molecule has 1 aromatic rings. The van der Waals surface area contributed by atoms with Crippen molar-refractivity contribution in [2.45, 2.75) is 13.3 Å². The number of hydrogen-bond donors (Lipinski definition) is 2. The number of rotatable bonds is 7. The zero-order valence-electron chi connectivity index (χ0n) is 11.0. The lowest BCUT2D eigenvalue weighted by Crippen LogP contribution is -2.41. The molecule has 5 heteroatoms. The third-order valence-electron chi connectivity index (χ3n) is 2.91. The summed E-state index contributed by atoms with van der Waals surface area (Å²) in [7, 11) is 0. The predicted octanol–water partition coefficient (Wildman–Crippen LogP) is 0.771. The van der Waals surface area contributed by atoms with E-state index in [-0.39, 0.29) is 19.1 Å². The van der Waals surface area contributed by atoms with Crippen LogP contribution in [0.3, 0.4) is 0 Å². The maximum Gasteiger partial charge on any atom is 0.323 e. The van der Waals surface area contributed by atoms with E-state index in [1.54, 1.807) is 6.92 Å². The van der Waals surface area contributed by atoms with Crippen LogP contribution in [-0.2, 0) is 16.0 Å². The fourth-order valence-corrected chi connectivity index (χ4v) is 1.90. The molecule has 2 N–H and O–H groups in total. The van der Waals surface area contributed by atoms with E-state index in [9.17, 15) is 14.7 Å². The second-order valence-corrected chi connectivity index (χ2v) is 4.32. The summed E-state index contributed by atoms with van der Waals surface area (Å²) in [5.41, 5.74) is 0.946. The third-order valence-corrected chi connectivity index (χ3v) is 2.91. The molecular formula is C14H19NO4. The molecule has 0 fully saturated rings. The lowest BCUT2D eigenvalue weighted by Gasteiger charge is -2.23. The number of benzene rings is 1. The first-order valence-corrected chi connectivity index (χ1v) is 6.23. The molecule has 104 valence electrons. The van der Waals surface area contributed by atoms with E-state index >= 15 is 0 Å². The van der Waals surface area contributed by atoms with Crippen molar-refractivity contribution in [3.8, 4) is 0 Å². The number of aliphatic hydroxyl groups excluding tert-OH is 1. The second kappa shape index (κ2) is 7.53. The molecule has 0 saturated heterocycles. The van der Waals surface area contributed by atoms with Gasteiger partial charge >= 0.3 is 5.97 Å². The molecule has 0 heterocycles. The van der Waals surface area contributed by atoms with Crippen LogP contribution in [0, 0.1) is 5.92 Å². The van der Waals surface area contributed by atoms with Gasteiger partial charge in [-0.05, 0) is 18.9 Å². The first-order chi connectivity index (χ1) is 9.08. The predicted molar refractivity (Wildman–Crippen MR) is 70.6 cm³/mol. The average Bonchev–Trinajstić information content (AvgIpc) is 2.42. The van der Waals surface area contributed by atoms with Gasteiger partial charge in [-0.15, -0.1) is 0 Å². The number of amides is 1. The lowest BCUT2D eigenvalue weighted by molar-refractivity contribution is -0.146. The fraction of sp³-hybridized carbons (Fsp3) is 0.429. The van der Waals surface area contributed by atoms with Gasteiger partial charge in [-0.1, -0.05) is 30.3 Å². The number of carboxylic acid groups (broad SMARTS) is 1. The van der Waals surface area contributed by atoms with E-state index in [1.807, 2.05) is 30.3 Å². The van der Waals surface area contributed by atoms with Crippen LogP contribution in [0.15, 0.2) is 30.3 Å². The van der Waals surface area contributed by atoms with Gasteiger partial charge in [0.15, 0.2) is 0 Å². The maximum atomic E-state index is 12.1. The van der Waals surface area contributed by atoms with Crippen molar-refractivity contribution in [1.29, 1.82) is 0 Å². The first-order valence-electron chi connectivity index (χ1n) is 6.23. The van der Waals surface area contributed by atoms with Crippen LogP contribution in [0.5, 0.6) is 0 Å².